The van der Waals surface area contributed by atoms with Crippen molar-refractivity contribution in [1.29, 1.82) is 0 Å². The minimum Gasteiger partial charge on any atom is -0.480 e. The Morgan fingerprint density at radius 1 is 1.43 bits per heavy atom. The van der Waals surface area contributed by atoms with E-state index >= 15 is 0 Å². The molecule has 124 valence electrons. The van der Waals surface area contributed by atoms with Crippen molar-refractivity contribution in [3.05, 3.63) is 34.9 Å². The molecule has 1 atom stereocenters. The molecule has 0 radical (unpaired) electrons. The molecule has 2 N–H and O–H groups in total. The lowest BCUT2D eigenvalue weighted by atomic mass is 9.97. The van der Waals surface area contributed by atoms with Crippen LogP contribution in [0.5, 0.6) is 0 Å². The third-order valence-corrected chi connectivity index (χ3v) is 4.90. The Hall–Kier alpha value is -2.08. The summed E-state index contributed by atoms with van der Waals surface area (Å²) < 4.78 is 5.45. The Bertz CT molecular complexity index is 631. The molecule has 3 rings (SSSR count). The molecule has 1 aromatic carbocycles. The quantitative estimate of drug-likeness (QED) is 0.892. The van der Waals surface area contributed by atoms with Crippen molar-refractivity contribution in [2.24, 2.45) is 0 Å². The van der Waals surface area contributed by atoms with Crippen LogP contribution in [0.25, 0.3) is 0 Å². The molecular formula is C17H22N2O4. The molecule has 0 saturated carbocycles. The second-order valence-corrected chi connectivity index (χ2v) is 6.35. The Labute approximate surface area is 135 Å². The normalized spacial score (nSPS) is 23.4. The van der Waals surface area contributed by atoms with Crippen LogP contribution in [-0.4, -0.2) is 40.7 Å². The molecule has 23 heavy (non-hydrogen) atoms. The van der Waals surface area contributed by atoms with Gasteiger partial charge in [0.15, 0.2) is 0 Å². The molecule has 1 fully saturated rings. The van der Waals surface area contributed by atoms with Gasteiger partial charge in [0.05, 0.1) is 13.2 Å². The van der Waals surface area contributed by atoms with E-state index in [1.54, 1.807) is 6.92 Å². The summed E-state index contributed by atoms with van der Waals surface area (Å²) in [6, 6.07) is 5.70. The Kier molecular flexibility index (Phi) is 4.26. The molecular weight excluding hydrogens is 296 g/mol. The summed E-state index contributed by atoms with van der Waals surface area (Å²) in [6.07, 6.45) is 2.06. The molecule has 0 aromatic heterocycles. The number of hydrogen-bond acceptors (Lipinski definition) is 3. The standard InChI is InChI=1S/C17H22N2O4/c1-17(15(20)21)7-3-8-19(17)16(22)18-10-12-4-2-5-13-11-23-9-6-14(12)13/h2,4-5H,3,6-11H2,1H3,(H,18,22)(H,20,21)/t17-/m0/s1. The minimum atomic E-state index is -1.10. The summed E-state index contributed by atoms with van der Waals surface area (Å²) in [5, 5.41) is 12.3. The second-order valence-electron chi connectivity index (χ2n) is 6.35. The van der Waals surface area contributed by atoms with Crippen molar-refractivity contribution in [2.45, 2.75) is 44.9 Å². The highest BCUT2D eigenvalue weighted by Crippen LogP contribution is 2.29. The molecule has 1 aromatic rings. The van der Waals surface area contributed by atoms with Crippen LogP contribution in [0, 0.1) is 0 Å². The number of rotatable bonds is 3. The van der Waals surface area contributed by atoms with Crippen molar-refractivity contribution in [3.8, 4) is 0 Å². The number of ether oxygens (including phenoxy) is 1. The van der Waals surface area contributed by atoms with Crippen LogP contribution in [0.1, 0.15) is 36.5 Å². The first-order chi connectivity index (χ1) is 11.0. The summed E-state index contributed by atoms with van der Waals surface area (Å²) in [7, 11) is 0. The van der Waals surface area contributed by atoms with E-state index in [1.807, 2.05) is 18.2 Å². The number of fused-ring (bicyclic) bond motifs is 1. The first-order valence-electron chi connectivity index (χ1n) is 7.98. The van der Waals surface area contributed by atoms with Gasteiger partial charge in [0.25, 0.3) is 0 Å². The van der Waals surface area contributed by atoms with Crippen LogP contribution in [0.3, 0.4) is 0 Å². The summed E-state index contributed by atoms with van der Waals surface area (Å²) in [5.41, 5.74) is 2.38. The highest BCUT2D eigenvalue weighted by Gasteiger charge is 2.45. The molecule has 0 spiro atoms. The molecule has 0 bridgehead atoms. The fourth-order valence-corrected chi connectivity index (χ4v) is 3.44. The number of nitrogens with one attached hydrogen (secondary N) is 1. The Morgan fingerprint density at radius 3 is 3.04 bits per heavy atom. The number of hydrogen-bond donors (Lipinski definition) is 2. The van der Waals surface area contributed by atoms with Crippen LogP contribution in [0.15, 0.2) is 18.2 Å². The predicted molar refractivity (Wildman–Crippen MR) is 84.0 cm³/mol. The third kappa shape index (κ3) is 2.91. The summed E-state index contributed by atoms with van der Waals surface area (Å²) in [6.45, 7) is 3.81. The average Bonchev–Trinajstić information content (AvgIpc) is 2.96. The minimum absolute atomic E-state index is 0.308. The lowest BCUT2D eigenvalue weighted by molar-refractivity contribution is -0.147. The number of carbonyl (C=O) groups is 2. The molecule has 2 heterocycles. The van der Waals surface area contributed by atoms with Gasteiger partial charge in [-0.1, -0.05) is 18.2 Å². The van der Waals surface area contributed by atoms with E-state index in [0.29, 0.717) is 39.1 Å². The van der Waals surface area contributed by atoms with Gasteiger partial charge in [-0.2, -0.15) is 0 Å². The van der Waals surface area contributed by atoms with Crippen molar-refractivity contribution in [1.82, 2.24) is 10.2 Å². The van der Waals surface area contributed by atoms with E-state index < -0.39 is 11.5 Å². The zero-order valence-electron chi connectivity index (χ0n) is 13.3. The maximum atomic E-state index is 12.4. The van der Waals surface area contributed by atoms with E-state index in [-0.39, 0.29) is 6.03 Å². The number of amides is 2. The predicted octanol–water partition coefficient (Wildman–Crippen LogP) is 1.91. The van der Waals surface area contributed by atoms with E-state index in [0.717, 1.165) is 12.0 Å². The van der Waals surface area contributed by atoms with E-state index in [2.05, 4.69) is 5.32 Å². The lowest BCUT2D eigenvalue weighted by Gasteiger charge is -2.31. The number of urea groups is 1. The second kappa shape index (κ2) is 6.20. The highest BCUT2D eigenvalue weighted by atomic mass is 16.5. The molecule has 6 nitrogen and oxygen atoms in total. The molecule has 1 saturated heterocycles. The number of carboxylic acid groups (broad SMARTS) is 1. The number of nitrogens with zero attached hydrogens (tertiary/aromatic N) is 1. The van der Waals surface area contributed by atoms with Gasteiger partial charge in [0.2, 0.25) is 0 Å². The molecule has 2 amide bonds. The van der Waals surface area contributed by atoms with Crippen molar-refractivity contribution < 1.29 is 19.4 Å². The van der Waals surface area contributed by atoms with Gasteiger partial charge in [-0.05, 0) is 42.9 Å². The molecule has 0 unspecified atom stereocenters. The molecule has 2 aliphatic rings. The van der Waals surface area contributed by atoms with Crippen molar-refractivity contribution >= 4 is 12.0 Å². The lowest BCUT2D eigenvalue weighted by Crippen LogP contribution is -2.54. The first-order valence-corrected chi connectivity index (χ1v) is 7.98. The van der Waals surface area contributed by atoms with E-state index in [4.69, 9.17) is 4.74 Å². The number of benzene rings is 1. The first kappa shape index (κ1) is 15.8. The van der Waals surface area contributed by atoms with Crippen LogP contribution >= 0.6 is 0 Å². The smallest absolute Gasteiger partial charge is 0.329 e. The fourth-order valence-electron chi connectivity index (χ4n) is 3.44. The maximum Gasteiger partial charge on any atom is 0.329 e. The number of carbonyl (C=O) groups excluding carboxylic acids is 1. The zero-order valence-corrected chi connectivity index (χ0v) is 13.3. The number of carboxylic acids is 1. The SMILES string of the molecule is C[C@@]1(C(=O)O)CCCN1C(=O)NCc1cccc2c1CCOC2. The third-order valence-electron chi connectivity index (χ3n) is 4.90. The highest BCUT2D eigenvalue weighted by molar-refractivity contribution is 5.86. The molecule has 6 heteroatoms. The largest absolute Gasteiger partial charge is 0.480 e. The summed E-state index contributed by atoms with van der Waals surface area (Å²) >= 11 is 0. The average molecular weight is 318 g/mol. The van der Waals surface area contributed by atoms with Gasteiger partial charge in [0, 0.05) is 13.1 Å². The summed E-state index contributed by atoms with van der Waals surface area (Å²) in [5.74, 6) is -0.945. The Morgan fingerprint density at radius 2 is 2.26 bits per heavy atom. The van der Waals surface area contributed by atoms with Crippen LogP contribution in [-0.2, 0) is 29.1 Å². The summed E-state index contributed by atoms with van der Waals surface area (Å²) in [4.78, 5) is 25.3. The topological polar surface area (TPSA) is 78.9 Å². The van der Waals surface area contributed by atoms with Gasteiger partial charge in [0.1, 0.15) is 5.54 Å². The van der Waals surface area contributed by atoms with Crippen LogP contribution in [0.2, 0.25) is 0 Å². The van der Waals surface area contributed by atoms with Gasteiger partial charge < -0.3 is 20.1 Å². The number of aliphatic carboxylic acids is 1. The van der Waals surface area contributed by atoms with E-state index in [1.165, 1.54) is 16.0 Å². The van der Waals surface area contributed by atoms with Gasteiger partial charge in [-0.15, -0.1) is 0 Å². The monoisotopic (exact) mass is 318 g/mol. The number of likely N-dealkylation sites (tertiary alicyclic amines) is 1. The molecule has 0 aliphatic carbocycles. The maximum absolute atomic E-state index is 12.4. The fraction of sp³-hybridized carbons (Fsp3) is 0.529. The van der Waals surface area contributed by atoms with Crippen LogP contribution < -0.4 is 5.32 Å². The van der Waals surface area contributed by atoms with Gasteiger partial charge in [-0.25, -0.2) is 9.59 Å². The van der Waals surface area contributed by atoms with Crippen LogP contribution in [0.4, 0.5) is 4.79 Å². The Balaban J connectivity index is 1.69. The van der Waals surface area contributed by atoms with Crippen molar-refractivity contribution in [3.63, 3.8) is 0 Å². The molecule has 2 aliphatic heterocycles. The van der Waals surface area contributed by atoms with Crippen molar-refractivity contribution in [2.75, 3.05) is 13.2 Å². The van der Waals surface area contributed by atoms with E-state index in [9.17, 15) is 14.7 Å². The van der Waals surface area contributed by atoms with Gasteiger partial charge >= 0.3 is 12.0 Å². The zero-order chi connectivity index (χ0) is 16.4. The van der Waals surface area contributed by atoms with Gasteiger partial charge in [-0.3, -0.25) is 0 Å².